The van der Waals surface area contributed by atoms with Gasteiger partial charge in [-0.05, 0) is 38.6 Å². The van der Waals surface area contributed by atoms with Crippen molar-refractivity contribution < 1.29 is 12.8 Å². The van der Waals surface area contributed by atoms with Gasteiger partial charge in [0.15, 0.2) is 0 Å². The minimum atomic E-state index is -3.17. The second kappa shape index (κ2) is 6.78. The molecule has 98 valence electrons. The summed E-state index contributed by atoms with van der Waals surface area (Å²) in [6.45, 7) is 1.14. The van der Waals surface area contributed by atoms with E-state index in [2.05, 4.69) is 5.32 Å². The highest BCUT2D eigenvalue weighted by molar-refractivity contribution is 7.89. The van der Waals surface area contributed by atoms with Crippen LogP contribution >= 0.6 is 0 Å². The van der Waals surface area contributed by atoms with E-state index in [4.69, 9.17) is 4.42 Å². The normalized spacial score (nSPS) is 12.2. The molecule has 1 heterocycles. The fourth-order valence-corrected chi connectivity index (χ4v) is 2.67. The lowest BCUT2D eigenvalue weighted by molar-refractivity contribution is 0.405. The Morgan fingerprint density at radius 3 is 2.76 bits per heavy atom. The van der Waals surface area contributed by atoms with E-state index in [0.29, 0.717) is 18.7 Å². The fourth-order valence-electron chi connectivity index (χ4n) is 1.46. The second-order valence-electron chi connectivity index (χ2n) is 3.96. The van der Waals surface area contributed by atoms with Crippen molar-refractivity contribution in [3.05, 3.63) is 24.2 Å². The maximum atomic E-state index is 11.9. The predicted octanol–water partition coefficient (Wildman–Crippen LogP) is 1.04. The Bertz CT molecular complexity index is 400. The molecule has 0 fully saturated rings. The SMILES string of the molecule is CNCCCCS(=O)(=O)N(C)Cc1ccco1. The number of rotatable bonds is 8. The van der Waals surface area contributed by atoms with Gasteiger partial charge in [0.2, 0.25) is 10.0 Å². The van der Waals surface area contributed by atoms with Gasteiger partial charge in [-0.25, -0.2) is 8.42 Å². The van der Waals surface area contributed by atoms with Gasteiger partial charge in [0.25, 0.3) is 0 Å². The summed E-state index contributed by atoms with van der Waals surface area (Å²) >= 11 is 0. The average molecular weight is 260 g/mol. The van der Waals surface area contributed by atoms with Crippen LogP contribution in [0.4, 0.5) is 0 Å². The third-order valence-electron chi connectivity index (χ3n) is 2.51. The molecule has 0 aliphatic carbocycles. The van der Waals surface area contributed by atoms with E-state index < -0.39 is 10.0 Å². The molecule has 1 rings (SSSR count). The zero-order chi connectivity index (χ0) is 12.7. The molecule has 0 saturated heterocycles. The van der Waals surface area contributed by atoms with E-state index in [0.717, 1.165) is 13.0 Å². The van der Waals surface area contributed by atoms with Crippen LogP contribution in [0, 0.1) is 0 Å². The molecular weight excluding hydrogens is 240 g/mol. The third kappa shape index (κ3) is 4.89. The lowest BCUT2D eigenvalue weighted by atomic mass is 10.3. The molecule has 6 heteroatoms. The number of nitrogens with zero attached hydrogens (tertiary/aromatic N) is 1. The summed E-state index contributed by atoms with van der Waals surface area (Å²) in [5, 5.41) is 3.00. The van der Waals surface area contributed by atoms with E-state index in [1.807, 2.05) is 7.05 Å². The number of nitrogens with one attached hydrogen (secondary N) is 1. The van der Waals surface area contributed by atoms with Gasteiger partial charge < -0.3 is 9.73 Å². The van der Waals surface area contributed by atoms with Crippen LogP contribution in [0.2, 0.25) is 0 Å². The van der Waals surface area contributed by atoms with E-state index >= 15 is 0 Å². The Hall–Kier alpha value is -0.850. The van der Waals surface area contributed by atoms with Gasteiger partial charge in [-0.1, -0.05) is 0 Å². The summed E-state index contributed by atoms with van der Waals surface area (Å²) in [5.41, 5.74) is 0. The van der Waals surface area contributed by atoms with Crippen LogP contribution in [0.3, 0.4) is 0 Å². The number of hydrogen-bond acceptors (Lipinski definition) is 4. The van der Waals surface area contributed by atoms with Crippen molar-refractivity contribution in [2.75, 3.05) is 26.4 Å². The summed E-state index contributed by atoms with van der Waals surface area (Å²) in [6, 6.07) is 3.52. The zero-order valence-electron chi connectivity index (χ0n) is 10.3. The minimum absolute atomic E-state index is 0.186. The molecule has 0 bridgehead atoms. The van der Waals surface area contributed by atoms with E-state index in [1.54, 1.807) is 25.4 Å². The first-order valence-electron chi connectivity index (χ1n) is 5.67. The van der Waals surface area contributed by atoms with E-state index in [1.165, 1.54) is 4.31 Å². The lowest BCUT2D eigenvalue weighted by Crippen LogP contribution is -2.29. The molecule has 0 aliphatic rings. The van der Waals surface area contributed by atoms with Gasteiger partial charge >= 0.3 is 0 Å². The molecule has 17 heavy (non-hydrogen) atoms. The van der Waals surface area contributed by atoms with Crippen molar-refractivity contribution in [2.45, 2.75) is 19.4 Å². The predicted molar refractivity (Wildman–Crippen MR) is 67.1 cm³/mol. The molecule has 0 radical (unpaired) electrons. The monoisotopic (exact) mass is 260 g/mol. The smallest absolute Gasteiger partial charge is 0.214 e. The molecule has 1 N–H and O–H groups in total. The first kappa shape index (κ1) is 14.2. The largest absolute Gasteiger partial charge is 0.468 e. The summed E-state index contributed by atoms with van der Waals surface area (Å²) < 4.78 is 30.2. The lowest BCUT2D eigenvalue weighted by Gasteiger charge is -2.15. The molecule has 1 aromatic rings. The summed E-state index contributed by atoms with van der Waals surface area (Å²) in [5.74, 6) is 0.845. The van der Waals surface area contributed by atoms with E-state index in [9.17, 15) is 8.42 Å². The van der Waals surface area contributed by atoms with Crippen molar-refractivity contribution in [1.82, 2.24) is 9.62 Å². The summed E-state index contributed by atoms with van der Waals surface area (Å²) in [7, 11) is 0.267. The van der Waals surface area contributed by atoms with Gasteiger partial charge in [0, 0.05) is 7.05 Å². The molecule has 1 aromatic heterocycles. The van der Waals surface area contributed by atoms with Crippen LogP contribution in [-0.2, 0) is 16.6 Å². The van der Waals surface area contributed by atoms with Crippen LogP contribution in [-0.4, -0.2) is 39.1 Å². The molecule has 0 unspecified atom stereocenters. The van der Waals surface area contributed by atoms with Crippen LogP contribution in [0.25, 0.3) is 0 Å². The number of unbranched alkanes of at least 4 members (excludes halogenated alkanes) is 1. The molecular formula is C11H20N2O3S. The van der Waals surface area contributed by atoms with Gasteiger partial charge in [0.1, 0.15) is 5.76 Å². The second-order valence-corrected chi connectivity index (χ2v) is 6.16. The highest BCUT2D eigenvalue weighted by Gasteiger charge is 2.18. The number of sulfonamides is 1. The van der Waals surface area contributed by atoms with Gasteiger partial charge in [-0.15, -0.1) is 0 Å². The first-order valence-corrected chi connectivity index (χ1v) is 7.28. The summed E-state index contributed by atoms with van der Waals surface area (Å²) in [4.78, 5) is 0. The van der Waals surface area contributed by atoms with Crippen molar-refractivity contribution in [3.63, 3.8) is 0 Å². The van der Waals surface area contributed by atoms with Gasteiger partial charge in [0.05, 0.1) is 18.6 Å². The number of furan rings is 1. The summed E-state index contributed by atoms with van der Waals surface area (Å²) in [6.07, 6.45) is 3.08. The first-order chi connectivity index (χ1) is 8.06. The topological polar surface area (TPSA) is 62.6 Å². The Kier molecular flexibility index (Phi) is 5.67. The Labute approximate surface area is 103 Å². The van der Waals surface area contributed by atoms with Crippen molar-refractivity contribution in [3.8, 4) is 0 Å². The van der Waals surface area contributed by atoms with Crippen LogP contribution in [0.5, 0.6) is 0 Å². The van der Waals surface area contributed by atoms with Crippen molar-refractivity contribution in [1.29, 1.82) is 0 Å². The number of hydrogen-bond donors (Lipinski definition) is 1. The fraction of sp³-hybridized carbons (Fsp3) is 0.636. The third-order valence-corrected chi connectivity index (χ3v) is 4.40. The Morgan fingerprint density at radius 1 is 1.41 bits per heavy atom. The molecule has 0 amide bonds. The highest BCUT2D eigenvalue weighted by Crippen LogP contribution is 2.09. The Morgan fingerprint density at radius 2 is 2.18 bits per heavy atom. The van der Waals surface area contributed by atoms with Gasteiger partial charge in [-0.3, -0.25) is 0 Å². The van der Waals surface area contributed by atoms with Crippen LogP contribution < -0.4 is 5.32 Å². The molecule has 0 aliphatic heterocycles. The standard InChI is InChI=1S/C11H20N2O3S/c1-12-7-3-4-9-17(14,15)13(2)10-11-6-5-8-16-11/h5-6,8,12H,3-4,7,9-10H2,1-2H3. The van der Waals surface area contributed by atoms with E-state index in [-0.39, 0.29) is 5.75 Å². The molecule has 0 atom stereocenters. The van der Waals surface area contributed by atoms with Gasteiger partial charge in [-0.2, -0.15) is 4.31 Å². The maximum absolute atomic E-state index is 11.9. The van der Waals surface area contributed by atoms with Crippen LogP contribution in [0.1, 0.15) is 18.6 Å². The highest BCUT2D eigenvalue weighted by atomic mass is 32.2. The van der Waals surface area contributed by atoms with Crippen LogP contribution in [0.15, 0.2) is 22.8 Å². The molecule has 5 nitrogen and oxygen atoms in total. The average Bonchev–Trinajstić information content (AvgIpc) is 2.77. The zero-order valence-corrected chi connectivity index (χ0v) is 11.2. The quantitative estimate of drug-likeness (QED) is 0.709. The van der Waals surface area contributed by atoms with Crippen molar-refractivity contribution in [2.24, 2.45) is 0 Å². The Balaban J connectivity index is 2.41. The molecule has 0 saturated carbocycles. The minimum Gasteiger partial charge on any atom is -0.468 e. The molecule has 0 spiro atoms. The van der Waals surface area contributed by atoms with Crippen molar-refractivity contribution >= 4 is 10.0 Å². The maximum Gasteiger partial charge on any atom is 0.214 e. The molecule has 0 aromatic carbocycles.